The smallest absolute Gasteiger partial charge is 0.102 e. The molecule has 1 aromatic carbocycles. The van der Waals surface area contributed by atoms with Gasteiger partial charge in [0, 0.05) is 0 Å². The van der Waals surface area contributed by atoms with Crippen molar-refractivity contribution in [3.05, 3.63) is 40.9 Å². The normalized spacial score (nSPS) is 14.6. The lowest BCUT2D eigenvalue weighted by atomic mass is 10.4. The Labute approximate surface area is 123 Å². The lowest BCUT2D eigenvalue weighted by molar-refractivity contribution is 1.62. The van der Waals surface area contributed by atoms with Crippen molar-refractivity contribution < 1.29 is 0 Å². The maximum absolute atomic E-state index is 2.72. The topological polar surface area (TPSA) is 0 Å². The summed E-state index contributed by atoms with van der Waals surface area (Å²) < 4.78 is 0. The first-order chi connectivity index (χ1) is 8.44. The molecule has 0 atom stereocenters. The van der Waals surface area contributed by atoms with Gasteiger partial charge in [0.05, 0.1) is 16.1 Å². The number of rotatable bonds is 4. The van der Waals surface area contributed by atoms with E-state index < -0.39 is 24.2 Å². The van der Waals surface area contributed by atoms with Crippen molar-refractivity contribution >= 4 is 29.4 Å². The minimum absolute atomic E-state index is 1.17. The van der Waals surface area contributed by atoms with Gasteiger partial charge in [0.2, 0.25) is 0 Å². The molecule has 106 valence electrons. The number of hydrogen-bond donors (Lipinski definition) is 0. The fraction of sp³-hybridized carbons (Fsp3) is 0.500. The molecule has 0 aromatic heterocycles. The van der Waals surface area contributed by atoms with Crippen LogP contribution in [0.4, 0.5) is 0 Å². The molecule has 0 radical (unpaired) electrons. The molecule has 0 nitrogen and oxygen atoms in total. The predicted octanol–water partition coefficient (Wildman–Crippen LogP) is 4.82. The van der Waals surface area contributed by atoms with Crippen LogP contribution >= 0.6 is 0 Å². The van der Waals surface area contributed by atoms with Gasteiger partial charge in [0.1, 0.15) is 8.07 Å². The Kier molecular flexibility index (Phi) is 4.86. The molecule has 3 heteroatoms. The van der Waals surface area contributed by atoms with Crippen LogP contribution in [0.5, 0.6) is 0 Å². The SMILES string of the molecule is C[Si](C)(C)/C=C(\[Si](C)(C)C)[Si](C)(C)c1ccccc1. The maximum atomic E-state index is 2.72. The van der Waals surface area contributed by atoms with Crippen LogP contribution in [0, 0.1) is 0 Å². The van der Waals surface area contributed by atoms with Crippen molar-refractivity contribution in [1.82, 2.24) is 0 Å². The van der Waals surface area contributed by atoms with Crippen molar-refractivity contribution in [2.45, 2.75) is 52.4 Å². The fourth-order valence-corrected chi connectivity index (χ4v) is 18.7. The zero-order chi connectivity index (χ0) is 14.9. The Balaban J connectivity index is 3.38. The molecule has 0 saturated carbocycles. The summed E-state index contributed by atoms with van der Waals surface area (Å²) >= 11 is 0. The van der Waals surface area contributed by atoms with E-state index in [2.05, 4.69) is 88.4 Å². The van der Waals surface area contributed by atoms with Gasteiger partial charge in [-0.05, 0) is 0 Å². The van der Waals surface area contributed by atoms with E-state index in [1.54, 1.807) is 5.19 Å². The van der Waals surface area contributed by atoms with Crippen LogP contribution in [-0.2, 0) is 0 Å². The molecule has 0 bridgehead atoms. The van der Waals surface area contributed by atoms with Gasteiger partial charge in [0.15, 0.2) is 0 Å². The van der Waals surface area contributed by atoms with Crippen molar-refractivity contribution in [1.29, 1.82) is 0 Å². The lowest BCUT2D eigenvalue weighted by Crippen LogP contribution is -2.52. The van der Waals surface area contributed by atoms with Crippen LogP contribution in [0.1, 0.15) is 0 Å². The third-order valence-corrected chi connectivity index (χ3v) is 14.4. The summed E-state index contributed by atoms with van der Waals surface area (Å²) in [5.74, 6) is 0. The molecular weight excluding hydrogens is 276 g/mol. The largest absolute Gasteiger partial charge is 0.103 e. The van der Waals surface area contributed by atoms with Crippen LogP contribution < -0.4 is 5.19 Å². The Bertz CT molecular complexity index is 445. The van der Waals surface area contributed by atoms with Crippen LogP contribution in [-0.4, -0.2) is 24.2 Å². The first kappa shape index (κ1) is 16.7. The molecule has 0 heterocycles. The molecule has 0 aliphatic rings. The van der Waals surface area contributed by atoms with E-state index in [0.717, 1.165) is 0 Å². The zero-order valence-corrected chi connectivity index (χ0v) is 17.0. The Hall–Kier alpha value is -0.389. The second kappa shape index (κ2) is 5.54. The van der Waals surface area contributed by atoms with Gasteiger partial charge in [0.25, 0.3) is 0 Å². The van der Waals surface area contributed by atoms with Crippen LogP contribution in [0.3, 0.4) is 0 Å². The van der Waals surface area contributed by atoms with Crippen molar-refractivity contribution in [3.63, 3.8) is 0 Å². The Morgan fingerprint density at radius 2 is 1.26 bits per heavy atom. The summed E-state index contributed by atoms with van der Waals surface area (Å²) in [6.45, 7) is 20.0. The van der Waals surface area contributed by atoms with Crippen LogP contribution in [0.25, 0.3) is 0 Å². The summed E-state index contributed by atoms with van der Waals surface area (Å²) in [5, 5.41) is 1.59. The van der Waals surface area contributed by atoms with Gasteiger partial charge in [-0.2, -0.15) is 0 Å². The van der Waals surface area contributed by atoms with Gasteiger partial charge in [-0.1, -0.05) is 92.7 Å². The van der Waals surface area contributed by atoms with Crippen molar-refractivity contribution in [2.75, 3.05) is 0 Å². The highest BCUT2D eigenvalue weighted by Crippen LogP contribution is 2.27. The molecule has 0 spiro atoms. The average Bonchev–Trinajstić information content (AvgIpc) is 2.24. The van der Waals surface area contributed by atoms with Gasteiger partial charge in [-0.15, -0.1) is 5.70 Å². The summed E-state index contributed by atoms with van der Waals surface area (Å²) in [4.78, 5) is 1.85. The maximum Gasteiger partial charge on any atom is 0.102 e. The third kappa shape index (κ3) is 4.58. The van der Waals surface area contributed by atoms with Crippen molar-refractivity contribution in [2.24, 2.45) is 0 Å². The summed E-state index contributed by atoms with van der Waals surface area (Å²) in [6, 6.07) is 11.2. The predicted molar refractivity (Wildman–Crippen MR) is 98.3 cm³/mol. The average molecular weight is 307 g/mol. The zero-order valence-electron chi connectivity index (χ0n) is 14.0. The third-order valence-electron chi connectivity index (χ3n) is 3.55. The number of hydrogen-bond acceptors (Lipinski definition) is 0. The minimum atomic E-state index is -1.50. The standard InChI is InChI=1S/C16H30Si3/c1-17(2,3)14-16(18(4,5)6)19(7,8)15-12-10-9-11-13-15/h9-14H,1-8H3/b16-14+. The van der Waals surface area contributed by atoms with Gasteiger partial charge < -0.3 is 0 Å². The molecule has 19 heavy (non-hydrogen) atoms. The van der Waals surface area contributed by atoms with Gasteiger partial charge in [-0.3, -0.25) is 0 Å². The minimum Gasteiger partial charge on any atom is -0.103 e. The first-order valence-electron chi connectivity index (χ1n) is 7.24. The molecule has 0 N–H and O–H groups in total. The Morgan fingerprint density at radius 1 is 0.789 bits per heavy atom. The van der Waals surface area contributed by atoms with Crippen LogP contribution in [0.2, 0.25) is 52.4 Å². The molecule has 1 aromatic rings. The molecule has 0 fully saturated rings. The molecular formula is C16H30Si3. The monoisotopic (exact) mass is 306 g/mol. The summed E-state index contributed by atoms with van der Waals surface area (Å²) in [5.41, 5.74) is 2.72. The van der Waals surface area contributed by atoms with E-state index in [1.165, 1.54) is 0 Å². The Morgan fingerprint density at radius 3 is 1.63 bits per heavy atom. The quantitative estimate of drug-likeness (QED) is 0.699. The van der Waals surface area contributed by atoms with E-state index in [-0.39, 0.29) is 0 Å². The van der Waals surface area contributed by atoms with E-state index in [9.17, 15) is 0 Å². The molecule has 1 rings (SSSR count). The van der Waals surface area contributed by atoms with Gasteiger partial charge >= 0.3 is 0 Å². The highest BCUT2D eigenvalue weighted by atomic mass is 28.4. The van der Waals surface area contributed by atoms with Crippen LogP contribution in [0.15, 0.2) is 40.9 Å². The number of benzene rings is 1. The lowest BCUT2D eigenvalue weighted by Gasteiger charge is -2.36. The second-order valence-corrected chi connectivity index (χ2v) is 23.1. The van der Waals surface area contributed by atoms with E-state index in [0.29, 0.717) is 0 Å². The molecule has 0 amide bonds. The van der Waals surface area contributed by atoms with E-state index >= 15 is 0 Å². The molecule has 0 unspecified atom stereocenters. The highest BCUT2D eigenvalue weighted by molar-refractivity contribution is 7.12. The fourth-order valence-electron chi connectivity index (χ4n) is 2.78. The van der Waals surface area contributed by atoms with Crippen molar-refractivity contribution in [3.8, 4) is 0 Å². The second-order valence-electron chi connectivity index (χ2n) is 8.17. The summed E-state index contributed by atoms with van der Waals surface area (Å²) in [7, 11) is -3.92. The first-order valence-corrected chi connectivity index (χ1v) is 17.3. The van der Waals surface area contributed by atoms with Gasteiger partial charge in [-0.25, -0.2) is 0 Å². The highest BCUT2D eigenvalue weighted by Gasteiger charge is 2.36. The molecule has 0 aliphatic carbocycles. The summed E-state index contributed by atoms with van der Waals surface area (Å²) in [6.07, 6.45) is 0. The molecule has 0 aliphatic heterocycles. The molecule has 0 saturated heterocycles. The van der Waals surface area contributed by atoms with E-state index in [4.69, 9.17) is 0 Å². The van der Waals surface area contributed by atoms with E-state index in [1.807, 2.05) is 4.82 Å².